The second-order valence-corrected chi connectivity index (χ2v) is 8.22. The van der Waals surface area contributed by atoms with Crippen LogP contribution in [0.5, 0.6) is 0 Å². The van der Waals surface area contributed by atoms with Crippen LogP contribution < -0.4 is 27.1 Å². The van der Waals surface area contributed by atoms with Crippen LogP contribution in [0.4, 0.5) is 11.5 Å². The number of nitrogen functional groups attached to an aromatic ring is 1. The summed E-state index contributed by atoms with van der Waals surface area (Å²) in [5, 5.41) is 14.9. The Balaban J connectivity index is 1.47. The normalized spacial score (nSPS) is 18.7. The number of benzene rings is 1. The van der Waals surface area contributed by atoms with Gasteiger partial charge in [-0.2, -0.15) is 5.10 Å². The van der Waals surface area contributed by atoms with E-state index in [4.69, 9.17) is 28.9 Å². The van der Waals surface area contributed by atoms with Crippen molar-refractivity contribution in [2.24, 2.45) is 5.10 Å². The van der Waals surface area contributed by atoms with Gasteiger partial charge in [0, 0.05) is 30.1 Å². The Morgan fingerprint density at radius 1 is 1.16 bits per heavy atom. The van der Waals surface area contributed by atoms with E-state index in [0.29, 0.717) is 39.0 Å². The van der Waals surface area contributed by atoms with Crippen molar-refractivity contribution in [1.82, 2.24) is 31.2 Å². The molecule has 1 fully saturated rings. The minimum Gasteiger partial charge on any atom is -0.383 e. The van der Waals surface area contributed by atoms with Crippen molar-refractivity contribution in [1.29, 1.82) is 0 Å². The Labute approximate surface area is 189 Å². The molecule has 9 nitrogen and oxygen atoms in total. The summed E-state index contributed by atoms with van der Waals surface area (Å²) in [5.74, 6) is 0.875. The van der Waals surface area contributed by atoms with E-state index in [1.54, 1.807) is 17.3 Å². The van der Waals surface area contributed by atoms with E-state index >= 15 is 0 Å². The molecule has 0 aliphatic carbocycles. The van der Waals surface area contributed by atoms with Gasteiger partial charge in [0.1, 0.15) is 5.82 Å². The molecule has 0 spiro atoms. The van der Waals surface area contributed by atoms with Crippen molar-refractivity contribution in [3.05, 3.63) is 58.5 Å². The molecule has 0 saturated carbocycles. The van der Waals surface area contributed by atoms with Gasteiger partial charge in [-0.25, -0.2) is 15.5 Å². The molecule has 0 unspecified atom stereocenters. The molecule has 1 atom stereocenters. The summed E-state index contributed by atoms with van der Waals surface area (Å²) in [6.45, 7) is 1.99. The van der Waals surface area contributed by atoms with Gasteiger partial charge in [-0.15, -0.1) is 10.6 Å². The first-order valence-electron chi connectivity index (χ1n) is 9.95. The lowest BCUT2D eigenvalue weighted by Gasteiger charge is -2.22. The fourth-order valence-corrected chi connectivity index (χ4v) is 4.19. The van der Waals surface area contributed by atoms with Crippen LogP contribution in [0.3, 0.4) is 0 Å². The number of nitrogens with zero attached hydrogens (tertiary/aromatic N) is 5. The number of rotatable bonds is 4. The fraction of sp³-hybridized carbons (Fsp3) is 0.250. The maximum atomic E-state index is 6.41. The topological polar surface area (TPSA) is 108 Å². The molecule has 1 saturated heterocycles. The molecular formula is C20H21Cl2N9. The van der Waals surface area contributed by atoms with Crippen LogP contribution in [-0.2, 0) is 0 Å². The zero-order valence-corrected chi connectivity index (χ0v) is 18.0. The van der Waals surface area contributed by atoms with Crippen molar-refractivity contribution < 1.29 is 0 Å². The van der Waals surface area contributed by atoms with Crippen LogP contribution in [0.25, 0.3) is 11.1 Å². The number of aromatic nitrogens is 3. The lowest BCUT2D eigenvalue weighted by atomic mass is 10.1. The zero-order chi connectivity index (χ0) is 21.4. The third kappa shape index (κ3) is 3.81. The van der Waals surface area contributed by atoms with E-state index in [-0.39, 0.29) is 0 Å². The van der Waals surface area contributed by atoms with Gasteiger partial charge in [-0.3, -0.25) is 4.68 Å². The maximum Gasteiger partial charge on any atom is 0.181 e. The van der Waals surface area contributed by atoms with Crippen LogP contribution in [-0.4, -0.2) is 33.7 Å². The second kappa shape index (κ2) is 8.35. The molecule has 0 radical (unpaired) electrons. The van der Waals surface area contributed by atoms with Gasteiger partial charge in [0.05, 0.1) is 33.5 Å². The first kappa shape index (κ1) is 20.1. The number of hydrazine groups is 2. The molecule has 0 bridgehead atoms. The van der Waals surface area contributed by atoms with Crippen LogP contribution >= 0.6 is 23.2 Å². The lowest BCUT2D eigenvalue weighted by Crippen LogP contribution is -2.41. The van der Waals surface area contributed by atoms with Gasteiger partial charge < -0.3 is 11.1 Å². The highest BCUT2D eigenvalue weighted by molar-refractivity contribution is 6.44. The highest BCUT2D eigenvalue weighted by atomic mass is 35.5. The summed E-state index contributed by atoms with van der Waals surface area (Å²) in [7, 11) is 0. The first-order valence-corrected chi connectivity index (χ1v) is 10.7. The second-order valence-electron chi connectivity index (χ2n) is 7.43. The van der Waals surface area contributed by atoms with Crippen LogP contribution in [0.1, 0.15) is 24.4 Å². The van der Waals surface area contributed by atoms with E-state index < -0.39 is 0 Å². The molecular weight excluding hydrogens is 437 g/mol. The zero-order valence-electron chi connectivity index (χ0n) is 16.5. The molecule has 5 rings (SSSR count). The van der Waals surface area contributed by atoms with Crippen molar-refractivity contribution >= 4 is 40.5 Å². The molecule has 5 N–H and O–H groups in total. The standard InChI is InChI=1S/C20H21Cl2N9/c21-16-4-1-5-17(18(16)22)31-20(27-28-29-31)15-7-12(8-25-19(15)23)13-9-26-30(11-13)14-3-2-6-24-10-14/h1,4-5,7-9,11,14,24,28-29H,2-3,6,10H2,(H2,23,25)/t14-/m0/s1. The fourth-order valence-electron chi connectivity index (χ4n) is 3.81. The minimum atomic E-state index is 0.347. The Morgan fingerprint density at radius 3 is 2.90 bits per heavy atom. The Kier molecular flexibility index (Phi) is 5.41. The number of hydrogen-bond donors (Lipinski definition) is 4. The highest BCUT2D eigenvalue weighted by Crippen LogP contribution is 2.34. The van der Waals surface area contributed by atoms with Gasteiger partial charge in [-0.05, 0) is 37.6 Å². The third-order valence-corrected chi connectivity index (χ3v) is 6.26. The average molecular weight is 458 g/mol. The summed E-state index contributed by atoms with van der Waals surface area (Å²) in [6.07, 6.45) is 7.90. The number of halogens is 2. The van der Waals surface area contributed by atoms with Gasteiger partial charge >= 0.3 is 0 Å². The Bertz CT molecular complexity index is 1140. The first-order chi connectivity index (χ1) is 15.1. The van der Waals surface area contributed by atoms with E-state index in [1.165, 1.54) is 0 Å². The lowest BCUT2D eigenvalue weighted by molar-refractivity contribution is 0.347. The predicted octanol–water partition coefficient (Wildman–Crippen LogP) is 2.95. The van der Waals surface area contributed by atoms with Crippen molar-refractivity contribution in [3.63, 3.8) is 0 Å². The van der Waals surface area contributed by atoms with E-state index in [0.717, 1.165) is 37.1 Å². The maximum absolute atomic E-state index is 6.41. The molecule has 2 aromatic heterocycles. The smallest absolute Gasteiger partial charge is 0.181 e. The molecule has 1 aromatic carbocycles. The molecule has 31 heavy (non-hydrogen) atoms. The number of nitrogens with one attached hydrogen (secondary N) is 3. The number of hydrogen-bond acceptors (Lipinski definition) is 8. The largest absolute Gasteiger partial charge is 0.383 e. The van der Waals surface area contributed by atoms with Crippen molar-refractivity contribution in [2.75, 3.05) is 23.8 Å². The monoisotopic (exact) mass is 457 g/mol. The molecule has 4 heterocycles. The van der Waals surface area contributed by atoms with Gasteiger partial charge in [0.2, 0.25) is 0 Å². The van der Waals surface area contributed by atoms with Gasteiger partial charge in [0.25, 0.3) is 0 Å². The average Bonchev–Trinajstić information content (AvgIpc) is 3.47. The number of piperidine rings is 1. The molecule has 0 amide bonds. The SMILES string of the molecule is Nc1ncc(-c2cnn([C@H]3CCCNC3)c2)cc1C1=NNNN1c1cccc(Cl)c1Cl. The Morgan fingerprint density at radius 2 is 2.06 bits per heavy atom. The number of hydrazone groups is 1. The van der Waals surface area contributed by atoms with Crippen LogP contribution in [0, 0.1) is 0 Å². The van der Waals surface area contributed by atoms with E-state index in [9.17, 15) is 0 Å². The summed E-state index contributed by atoms with van der Waals surface area (Å²) in [5.41, 5.74) is 15.1. The summed E-state index contributed by atoms with van der Waals surface area (Å²) >= 11 is 12.6. The van der Waals surface area contributed by atoms with Crippen molar-refractivity contribution in [2.45, 2.75) is 18.9 Å². The van der Waals surface area contributed by atoms with Crippen molar-refractivity contribution in [3.8, 4) is 11.1 Å². The number of amidine groups is 1. The van der Waals surface area contributed by atoms with E-state index in [1.807, 2.05) is 35.3 Å². The molecule has 11 heteroatoms. The quantitative estimate of drug-likeness (QED) is 0.476. The predicted molar refractivity (Wildman–Crippen MR) is 123 cm³/mol. The summed E-state index contributed by atoms with van der Waals surface area (Å²) < 4.78 is 2.02. The van der Waals surface area contributed by atoms with E-state index in [2.05, 4.69) is 31.6 Å². The minimum absolute atomic E-state index is 0.347. The molecule has 2 aliphatic heterocycles. The summed E-state index contributed by atoms with van der Waals surface area (Å²) in [4.78, 5) is 4.40. The Hall–Kier alpha value is -2.85. The third-order valence-electron chi connectivity index (χ3n) is 5.45. The number of nitrogens with two attached hydrogens (primary N) is 1. The van der Waals surface area contributed by atoms with Crippen LogP contribution in [0.15, 0.2) is 48.0 Å². The molecule has 3 aromatic rings. The summed E-state index contributed by atoms with van der Waals surface area (Å²) in [6, 6.07) is 7.68. The highest BCUT2D eigenvalue weighted by Gasteiger charge is 2.26. The van der Waals surface area contributed by atoms with Gasteiger partial charge in [0.15, 0.2) is 5.84 Å². The molecule has 160 valence electrons. The molecule has 2 aliphatic rings. The van der Waals surface area contributed by atoms with Crippen LogP contribution in [0.2, 0.25) is 10.0 Å². The van der Waals surface area contributed by atoms with Gasteiger partial charge in [-0.1, -0.05) is 29.3 Å². The number of anilines is 2. The number of pyridine rings is 1.